The molecule has 3 nitrogen and oxygen atoms in total. The van der Waals surface area contributed by atoms with E-state index in [2.05, 4.69) is 30.1 Å². The molecule has 1 aromatic heterocycles. The molecule has 0 saturated carbocycles. The summed E-state index contributed by atoms with van der Waals surface area (Å²) in [5.74, 6) is 0.221. The lowest BCUT2D eigenvalue weighted by Gasteiger charge is -2.16. The lowest BCUT2D eigenvalue weighted by molar-refractivity contribution is 0.0893. The van der Waals surface area contributed by atoms with E-state index in [1.54, 1.807) is 0 Å². The van der Waals surface area contributed by atoms with Crippen molar-refractivity contribution < 1.29 is 4.79 Å². The molecule has 1 unspecified atom stereocenters. The summed E-state index contributed by atoms with van der Waals surface area (Å²) in [7, 11) is 3.92. The number of rotatable bonds is 1. The van der Waals surface area contributed by atoms with E-state index in [1.807, 2.05) is 19.0 Å². The Morgan fingerprint density at radius 2 is 2.12 bits per heavy atom. The van der Waals surface area contributed by atoms with Crippen molar-refractivity contribution >= 4 is 16.7 Å². The molecule has 2 aromatic rings. The highest BCUT2D eigenvalue weighted by atomic mass is 16.1. The van der Waals surface area contributed by atoms with Gasteiger partial charge in [-0.05, 0) is 44.6 Å². The fourth-order valence-corrected chi connectivity index (χ4v) is 2.66. The number of aromatic amines is 1. The normalized spacial score (nSPS) is 19.3. The minimum absolute atomic E-state index is 0.00181. The summed E-state index contributed by atoms with van der Waals surface area (Å²) < 4.78 is 0. The zero-order valence-electron chi connectivity index (χ0n) is 10.4. The maximum atomic E-state index is 12.2. The van der Waals surface area contributed by atoms with E-state index in [0.717, 1.165) is 17.6 Å². The number of hydrogen-bond acceptors (Lipinski definition) is 2. The van der Waals surface area contributed by atoms with E-state index in [-0.39, 0.29) is 11.8 Å². The van der Waals surface area contributed by atoms with Gasteiger partial charge in [0.05, 0.1) is 11.7 Å². The molecule has 1 atom stereocenters. The summed E-state index contributed by atoms with van der Waals surface area (Å²) in [6.07, 6.45) is 0.824. The molecule has 3 heteroatoms. The summed E-state index contributed by atoms with van der Waals surface area (Å²) >= 11 is 0. The maximum absolute atomic E-state index is 12.2. The molecule has 88 valence electrons. The summed E-state index contributed by atoms with van der Waals surface area (Å²) in [5.41, 5.74) is 4.29. The van der Waals surface area contributed by atoms with Crippen LogP contribution in [0.5, 0.6) is 0 Å². The van der Waals surface area contributed by atoms with Crippen molar-refractivity contribution in [3.8, 4) is 0 Å². The van der Waals surface area contributed by atoms with Crippen molar-refractivity contribution in [3.05, 3.63) is 35.0 Å². The number of Topliss-reactive ketones (excluding diaryl/α,β-unsaturated/α-hetero) is 1. The molecule has 1 aliphatic carbocycles. The van der Waals surface area contributed by atoms with Gasteiger partial charge in [-0.25, -0.2) is 0 Å². The largest absolute Gasteiger partial charge is 0.352 e. The van der Waals surface area contributed by atoms with Crippen LogP contribution in [0, 0.1) is 6.92 Å². The highest BCUT2D eigenvalue weighted by Crippen LogP contribution is 2.31. The summed E-state index contributed by atoms with van der Waals surface area (Å²) in [6.45, 7) is 2.07. The SMILES string of the molecule is Cc1ccc2c3c([nH]c2c1)C(=O)C(N(C)C)C3. The third-order valence-electron chi connectivity index (χ3n) is 3.63. The molecule has 0 aliphatic heterocycles. The molecule has 1 aromatic carbocycles. The van der Waals surface area contributed by atoms with E-state index in [4.69, 9.17) is 0 Å². The minimum atomic E-state index is 0.00181. The van der Waals surface area contributed by atoms with Crippen LogP contribution in [0.3, 0.4) is 0 Å². The highest BCUT2D eigenvalue weighted by Gasteiger charge is 2.34. The smallest absolute Gasteiger partial charge is 0.196 e. The van der Waals surface area contributed by atoms with E-state index < -0.39 is 0 Å². The molecule has 0 radical (unpaired) electrons. The molecule has 3 rings (SSSR count). The number of H-pyrrole nitrogens is 1. The Morgan fingerprint density at radius 1 is 1.35 bits per heavy atom. The van der Waals surface area contributed by atoms with E-state index >= 15 is 0 Å². The number of fused-ring (bicyclic) bond motifs is 3. The number of likely N-dealkylation sites (N-methyl/N-ethyl adjacent to an activating group) is 1. The Hall–Kier alpha value is -1.61. The summed E-state index contributed by atoms with van der Waals surface area (Å²) in [4.78, 5) is 17.5. The number of carbonyl (C=O) groups excluding carboxylic acids is 1. The third-order valence-corrected chi connectivity index (χ3v) is 3.63. The number of nitrogens with one attached hydrogen (secondary N) is 1. The van der Waals surface area contributed by atoms with Gasteiger partial charge in [-0.3, -0.25) is 9.69 Å². The van der Waals surface area contributed by atoms with Crippen molar-refractivity contribution in [2.24, 2.45) is 0 Å². The van der Waals surface area contributed by atoms with Crippen molar-refractivity contribution in [1.29, 1.82) is 0 Å². The van der Waals surface area contributed by atoms with Gasteiger partial charge >= 0.3 is 0 Å². The molecule has 0 bridgehead atoms. The Balaban J connectivity index is 2.17. The van der Waals surface area contributed by atoms with Crippen molar-refractivity contribution in [2.75, 3.05) is 14.1 Å². The van der Waals surface area contributed by atoms with Crippen LogP contribution in [0.1, 0.15) is 21.6 Å². The lowest BCUT2D eigenvalue weighted by Crippen LogP contribution is -2.33. The first-order chi connectivity index (χ1) is 8.08. The van der Waals surface area contributed by atoms with E-state index in [9.17, 15) is 4.79 Å². The molecule has 17 heavy (non-hydrogen) atoms. The average Bonchev–Trinajstić information content (AvgIpc) is 2.76. The van der Waals surface area contributed by atoms with Crippen LogP contribution in [0.25, 0.3) is 10.9 Å². The number of hydrogen-bond donors (Lipinski definition) is 1. The molecule has 0 amide bonds. The van der Waals surface area contributed by atoms with Crippen LogP contribution < -0.4 is 0 Å². The van der Waals surface area contributed by atoms with Crippen LogP contribution in [-0.2, 0) is 6.42 Å². The molecule has 0 saturated heterocycles. The monoisotopic (exact) mass is 228 g/mol. The molecule has 1 N–H and O–H groups in total. The maximum Gasteiger partial charge on any atom is 0.196 e. The predicted molar refractivity (Wildman–Crippen MR) is 68.5 cm³/mol. The standard InChI is InChI=1S/C14H16N2O/c1-8-4-5-9-10-7-12(16(2)3)14(17)13(10)15-11(9)6-8/h4-6,12,15H,7H2,1-3H3. The molecule has 0 fully saturated rings. The molecule has 1 aliphatic rings. The van der Waals surface area contributed by atoms with Gasteiger partial charge in [-0.1, -0.05) is 12.1 Å². The van der Waals surface area contributed by atoms with Gasteiger partial charge in [0, 0.05) is 10.9 Å². The van der Waals surface area contributed by atoms with Gasteiger partial charge in [0.25, 0.3) is 0 Å². The second-order valence-electron chi connectivity index (χ2n) is 5.08. The summed E-state index contributed by atoms with van der Waals surface area (Å²) in [5, 5.41) is 1.20. The Morgan fingerprint density at radius 3 is 2.82 bits per heavy atom. The van der Waals surface area contributed by atoms with Crippen LogP contribution in [0.4, 0.5) is 0 Å². The van der Waals surface area contributed by atoms with Crippen molar-refractivity contribution in [3.63, 3.8) is 0 Å². The number of aromatic nitrogens is 1. The fraction of sp³-hybridized carbons (Fsp3) is 0.357. The molecular weight excluding hydrogens is 212 g/mol. The van der Waals surface area contributed by atoms with E-state index in [0.29, 0.717) is 0 Å². The zero-order valence-corrected chi connectivity index (χ0v) is 10.4. The summed E-state index contributed by atoms with van der Waals surface area (Å²) in [6, 6.07) is 6.32. The number of aryl methyl sites for hydroxylation is 1. The highest BCUT2D eigenvalue weighted by molar-refractivity contribution is 6.08. The van der Waals surface area contributed by atoms with Gasteiger partial charge < -0.3 is 4.98 Å². The molecule has 0 spiro atoms. The average molecular weight is 228 g/mol. The van der Waals surface area contributed by atoms with Crippen molar-refractivity contribution in [2.45, 2.75) is 19.4 Å². The van der Waals surface area contributed by atoms with Gasteiger partial charge in [0.2, 0.25) is 0 Å². The second kappa shape index (κ2) is 3.44. The van der Waals surface area contributed by atoms with Crippen LogP contribution in [-0.4, -0.2) is 35.8 Å². The van der Waals surface area contributed by atoms with Crippen LogP contribution in [0.15, 0.2) is 18.2 Å². The fourth-order valence-electron chi connectivity index (χ4n) is 2.66. The van der Waals surface area contributed by atoms with Gasteiger partial charge in [0.15, 0.2) is 5.78 Å². The quantitative estimate of drug-likeness (QED) is 0.811. The second-order valence-corrected chi connectivity index (χ2v) is 5.08. The third kappa shape index (κ3) is 1.42. The van der Waals surface area contributed by atoms with Gasteiger partial charge in [-0.15, -0.1) is 0 Å². The van der Waals surface area contributed by atoms with Gasteiger partial charge in [0.1, 0.15) is 0 Å². The van der Waals surface area contributed by atoms with Crippen molar-refractivity contribution in [1.82, 2.24) is 9.88 Å². The number of nitrogens with zero attached hydrogens (tertiary/aromatic N) is 1. The molecule has 1 heterocycles. The first-order valence-electron chi connectivity index (χ1n) is 5.90. The first-order valence-corrected chi connectivity index (χ1v) is 5.90. The number of ketones is 1. The van der Waals surface area contributed by atoms with Gasteiger partial charge in [-0.2, -0.15) is 0 Å². The van der Waals surface area contributed by atoms with Crippen LogP contribution in [0.2, 0.25) is 0 Å². The number of benzene rings is 1. The van der Waals surface area contributed by atoms with Crippen LogP contribution >= 0.6 is 0 Å². The number of carbonyl (C=O) groups is 1. The Labute approximate surface area is 100 Å². The predicted octanol–water partition coefficient (Wildman–Crippen LogP) is 2.15. The lowest BCUT2D eigenvalue weighted by atomic mass is 10.1. The Kier molecular flexibility index (Phi) is 2.13. The Bertz CT molecular complexity index is 610. The molecular formula is C14H16N2O. The minimum Gasteiger partial charge on any atom is -0.352 e. The topological polar surface area (TPSA) is 36.1 Å². The van der Waals surface area contributed by atoms with E-state index in [1.165, 1.54) is 16.5 Å². The first kappa shape index (κ1) is 10.5. The zero-order chi connectivity index (χ0) is 12.2.